The van der Waals surface area contributed by atoms with Gasteiger partial charge in [-0.25, -0.2) is 14.8 Å². The van der Waals surface area contributed by atoms with Gasteiger partial charge in [-0.15, -0.1) is 0 Å². The lowest BCUT2D eigenvalue weighted by molar-refractivity contribution is -0.0159. The number of hydrogen-bond acceptors (Lipinski definition) is 6. The van der Waals surface area contributed by atoms with E-state index in [0.29, 0.717) is 32.0 Å². The van der Waals surface area contributed by atoms with Crippen molar-refractivity contribution in [3.8, 4) is 0 Å². The molecule has 19 heavy (non-hydrogen) atoms. The predicted molar refractivity (Wildman–Crippen MR) is 65.9 cm³/mol. The highest BCUT2D eigenvalue weighted by atomic mass is 16.5. The van der Waals surface area contributed by atoms with Gasteiger partial charge in [-0.05, 0) is 0 Å². The monoisotopic (exact) mass is 267 g/mol. The number of carbonyl (C=O) groups is 1. The molecule has 1 aromatic rings. The first kappa shape index (κ1) is 13.9. The minimum Gasteiger partial charge on any atom is -0.478 e. The van der Waals surface area contributed by atoms with Gasteiger partial charge in [0.25, 0.3) is 0 Å². The summed E-state index contributed by atoms with van der Waals surface area (Å²) in [7, 11) is 1.66. The SMILES string of the molecule is COC1(CNCc2ncncc2C(=O)O)CCOC1. The van der Waals surface area contributed by atoms with Crippen LogP contribution in [0.2, 0.25) is 0 Å². The van der Waals surface area contributed by atoms with Gasteiger partial charge in [0.15, 0.2) is 0 Å². The lowest BCUT2D eigenvalue weighted by Crippen LogP contribution is -2.42. The summed E-state index contributed by atoms with van der Waals surface area (Å²) >= 11 is 0. The third-order valence-corrected chi connectivity index (χ3v) is 3.26. The number of rotatable bonds is 6. The molecule has 1 unspecified atom stereocenters. The second-order valence-corrected chi connectivity index (χ2v) is 4.48. The van der Waals surface area contributed by atoms with E-state index in [1.54, 1.807) is 7.11 Å². The van der Waals surface area contributed by atoms with Gasteiger partial charge in [-0.2, -0.15) is 0 Å². The van der Waals surface area contributed by atoms with E-state index >= 15 is 0 Å². The number of methoxy groups -OCH3 is 1. The molecule has 0 bridgehead atoms. The van der Waals surface area contributed by atoms with Gasteiger partial charge >= 0.3 is 5.97 Å². The molecule has 0 spiro atoms. The number of nitrogens with one attached hydrogen (secondary N) is 1. The van der Waals surface area contributed by atoms with E-state index in [0.717, 1.165) is 6.42 Å². The Morgan fingerprint density at radius 2 is 2.53 bits per heavy atom. The summed E-state index contributed by atoms with van der Waals surface area (Å²) in [5, 5.41) is 12.2. The molecule has 1 fully saturated rings. The van der Waals surface area contributed by atoms with Crippen molar-refractivity contribution in [3.63, 3.8) is 0 Å². The van der Waals surface area contributed by atoms with Crippen molar-refractivity contribution in [2.45, 2.75) is 18.6 Å². The molecule has 0 amide bonds. The lowest BCUT2D eigenvalue weighted by Gasteiger charge is -2.26. The number of hydrogen-bond donors (Lipinski definition) is 2. The lowest BCUT2D eigenvalue weighted by atomic mass is 10.0. The highest BCUT2D eigenvalue weighted by molar-refractivity contribution is 5.88. The quantitative estimate of drug-likeness (QED) is 0.753. The average molecular weight is 267 g/mol. The molecule has 0 aliphatic carbocycles. The van der Waals surface area contributed by atoms with Crippen molar-refractivity contribution < 1.29 is 19.4 Å². The summed E-state index contributed by atoms with van der Waals surface area (Å²) in [5.41, 5.74) is 0.257. The number of carboxylic acid groups (broad SMARTS) is 1. The Morgan fingerprint density at radius 1 is 1.68 bits per heavy atom. The number of carboxylic acids is 1. The standard InChI is InChI=1S/C12H17N3O4/c1-18-12(2-3-19-7-12)6-13-5-10-9(11(16)17)4-14-8-15-10/h4,8,13H,2-3,5-7H2,1H3,(H,16,17). The third kappa shape index (κ3) is 3.25. The fraction of sp³-hybridized carbons (Fsp3) is 0.583. The van der Waals surface area contributed by atoms with Crippen LogP contribution in [0.5, 0.6) is 0 Å². The van der Waals surface area contributed by atoms with Gasteiger partial charge in [-0.3, -0.25) is 0 Å². The number of aromatic nitrogens is 2. The van der Waals surface area contributed by atoms with Crippen LogP contribution in [0.3, 0.4) is 0 Å². The molecule has 2 rings (SSSR count). The average Bonchev–Trinajstić information content (AvgIpc) is 2.88. The second-order valence-electron chi connectivity index (χ2n) is 4.48. The first-order valence-corrected chi connectivity index (χ1v) is 6.03. The topological polar surface area (TPSA) is 93.6 Å². The maximum Gasteiger partial charge on any atom is 0.339 e. The minimum absolute atomic E-state index is 0.115. The molecule has 2 N–H and O–H groups in total. The smallest absolute Gasteiger partial charge is 0.339 e. The summed E-state index contributed by atoms with van der Waals surface area (Å²) in [6, 6.07) is 0. The van der Waals surface area contributed by atoms with Crippen LogP contribution in [0.25, 0.3) is 0 Å². The van der Waals surface area contributed by atoms with Gasteiger partial charge in [0, 0.05) is 39.4 Å². The molecule has 0 aromatic carbocycles. The molecule has 0 radical (unpaired) electrons. The highest BCUT2D eigenvalue weighted by Gasteiger charge is 2.34. The zero-order valence-electron chi connectivity index (χ0n) is 10.8. The fourth-order valence-electron chi connectivity index (χ4n) is 2.04. The van der Waals surface area contributed by atoms with E-state index in [2.05, 4.69) is 15.3 Å². The van der Waals surface area contributed by atoms with Gasteiger partial charge in [-0.1, -0.05) is 0 Å². The van der Waals surface area contributed by atoms with Gasteiger partial charge in [0.05, 0.1) is 12.3 Å². The molecule has 1 aliphatic rings. The van der Waals surface area contributed by atoms with Crippen LogP contribution in [0.4, 0.5) is 0 Å². The molecule has 1 aliphatic heterocycles. The largest absolute Gasteiger partial charge is 0.478 e. The zero-order valence-corrected chi connectivity index (χ0v) is 10.8. The Bertz CT molecular complexity index is 446. The van der Waals surface area contributed by atoms with Crippen LogP contribution in [0.1, 0.15) is 22.5 Å². The fourth-order valence-corrected chi connectivity index (χ4v) is 2.04. The Labute approximate surface area is 111 Å². The Balaban J connectivity index is 1.94. The summed E-state index contributed by atoms with van der Waals surface area (Å²) < 4.78 is 10.8. The molecule has 2 heterocycles. The molecule has 7 nitrogen and oxygen atoms in total. The molecule has 1 aromatic heterocycles. The minimum atomic E-state index is -1.02. The molecular formula is C12H17N3O4. The van der Waals surface area contributed by atoms with Crippen LogP contribution in [0.15, 0.2) is 12.5 Å². The van der Waals surface area contributed by atoms with E-state index in [4.69, 9.17) is 14.6 Å². The van der Waals surface area contributed by atoms with Crippen LogP contribution < -0.4 is 5.32 Å². The van der Waals surface area contributed by atoms with Crippen molar-refractivity contribution in [3.05, 3.63) is 23.8 Å². The summed E-state index contributed by atoms with van der Waals surface area (Å²) in [4.78, 5) is 18.7. The summed E-state index contributed by atoms with van der Waals surface area (Å²) in [6.07, 6.45) is 3.47. The van der Waals surface area contributed by atoms with E-state index in [-0.39, 0.29) is 11.2 Å². The summed E-state index contributed by atoms with van der Waals surface area (Å²) in [6.45, 7) is 2.18. The van der Waals surface area contributed by atoms with Crippen molar-refractivity contribution in [1.29, 1.82) is 0 Å². The maximum absolute atomic E-state index is 11.0. The number of aromatic carboxylic acids is 1. The van der Waals surface area contributed by atoms with E-state index in [1.165, 1.54) is 12.5 Å². The Morgan fingerprint density at radius 3 is 3.16 bits per heavy atom. The van der Waals surface area contributed by atoms with Gasteiger partial charge < -0.3 is 19.9 Å². The molecule has 104 valence electrons. The van der Waals surface area contributed by atoms with Crippen LogP contribution in [-0.2, 0) is 16.0 Å². The van der Waals surface area contributed by atoms with Crippen molar-refractivity contribution in [2.24, 2.45) is 0 Å². The van der Waals surface area contributed by atoms with Crippen LogP contribution in [-0.4, -0.2) is 53.5 Å². The number of nitrogens with zero attached hydrogens (tertiary/aromatic N) is 2. The first-order chi connectivity index (χ1) is 9.17. The second kappa shape index (κ2) is 6.05. The molecule has 1 saturated heterocycles. The van der Waals surface area contributed by atoms with E-state index in [9.17, 15) is 4.79 Å². The molecular weight excluding hydrogens is 250 g/mol. The molecule has 0 saturated carbocycles. The van der Waals surface area contributed by atoms with Crippen LogP contribution in [0, 0.1) is 0 Å². The highest BCUT2D eigenvalue weighted by Crippen LogP contribution is 2.21. The number of ether oxygens (including phenoxy) is 2. The first-order valence-electron chi connectivity index (χ1n) is 6.03. The molecule has 7 heteroatoms. The third-order valence-electron chi connectivity index (χ3n) is 3.26. The van der Waals surface area contributed by atoms with Crippen molar-refractivity contribution in [1.82, 2.24) is 15.3 Å². The van der Waals surface area contributed by atoms with E-state index in [1.807, 2.05) is 0 Å². The zero-order chi connectivity index (χ0) is 13.7. The predicted octanol–water partition coefficient (Wildman–Crippen LogP) is 0.0699. The van der Waals surface area contributed by atoms with Crippen LogP contribution >= 0.6 is 0 Å². The van der Waals surface area contributed by atoms with Crippen molar-refractivity contribution in [2.75, 3.05) is 26.9 Å². The summed E-state index contributed by atoms with van der Waals surface area (Å²) in [5.74, 6) is -1.02. The van der Waals surface area contributed by atoms with Crippen molar-refractivity contribution >= 4 is 5.97 Å². The Kier molecular flexibility index (Phi) is 4.41. The normalized spacial score (nSPS) is 22.6. The Hall–Kier alpha value is -1.57. The maximum atomic E-state index is 11.0. The van der Waals surface area contributed by atoms with E-state index < -0.39 is 5.97 Å². The molecule has 1 atom stereocenters. The van der Waals surface area contributed by atoms with Gasteiger partial charge in [0.2, 0.25) is 0 Å². The van der Waals surface area contributed by atoms with Gasteiger partial charge in [0.1, 0.15) is 17.5 Å².